The van der Waals surface area contributed by atoms with Gasteiger partial charge in [0.15, 0.2) is 11.5 Å². The Kier molecular flexibility index (Phi) is 2.43. The molecule has 1 unspecified atom stereocenters. The first-order valence-electron chi connectivity index (χ1n) is 3.72. The van der Waals surface area contributed by atoms with Gasteiger partial charge < -0.3 is 4.74 Å². The second kappa shape index (κ2) is 3.34. The van der Waals surface area contributed by atoms with E-state index >= 15 is 0 Å². The predicted molar refractivity (Wildman–Crippen MR) is 43.2 cm³/mol. The number of Topliss-reactive ketones (excluding diaryl/α,β-unsaturated/α-hetero) is 1. The van der Waals surface area contributed by atoms with Gasteiger partial charge in [0, 0.05) is 6.92 Å². The maximum absolute atomic E-state index is 11.1. The summed E-state index contributed by atoms with van der Waals surface area (Å²) < 4.78 is 4.80. The number of cyclic esters (lactones) is 1. The van der Waals surface area contributed by atoms with Crippen LogP contribution >= 0.6 is 0 Å². The Balaban J connectivity index is 2.84. The highest BCUT2D eigenvalue weighted by atomic mass is 16.5. The van der Waals surface area contributed by atoms with Crippen molar-refractivity contribution >= 4 is 11.8 Å². The number of hydrogen-bond donors (Lipinski definition) is 0. The zero-order valence-corrected chi connectivity index (χ0v) is 7.03. The molecule has 0 amide bonds. The smallest absolute Gasteiger partial charge is 0.318 e. The Morgan fingerprint density at radius 3 is 2.83 bits per heavy atom. The molecular formula is C9H10O3. The molecule has 1 rings (SSSR count). The minimum atomic E-state index is -0.384. The summed E-state index contributed by atoms with van der Waals surface area (Å²) in [5.74, 6) is -0.786. The number of allylic oxidation sites excluding steroid dienone is 3. The van der Waals surface area contributed by atoms with Crippen LogP contribution in [0.2, 0.25) is 0 Å². The Morgan fingerprint density at radius 1 is 1.58 bits per heavy atom. The average molecular weight is 166 g/mol. The van der Waals surface area contributed by atoms with Crippen molar-refractivity contribution in [2.24, 2.45) is 5.92 Å². The molecule has 64 valence electrons. The number of hydrogen-bond acceptors (Lipinski definition) is 3. The second-order valence-electron chi connectivity index (χ2n) is 2.68. The summed E-state index contributed by atoms with van der Waals surface area (Å²) in [6, 6.07) is 0. The molecule has 0 aromatic carbocycles. The second-order valence-corrected chi connectivity index (χ2v) is 2.68. The molecular weight excluding hydrogens is 156 g/mol. The number of ether oxygens (including phenoxy) is 1. The number of carbonyl (C=O) groups excluding carboxylic acids is 2. The Labute approximate surface area is 70.7 Å². The van der Waals surface area contributed by atoms with Crippen LogP contribution < -0.4 is 0 Å². The van der Waals surface area contributed by atoms with Crippen molar-refractivity contribution in [1.82, 2.24) is 0 Å². The fourth-order valence-electron chi connectivity index (χ4n) is 0.813. The van der Waals surface area contributed by atoms with Crippen molar-refractivity contribution in [2.75, 3.05) is 0 Å². The summed E-state index contributed by atoms with van der Waals surface area (Å²) in [5, 5.41) is 0. The molecule has 12 heavy (non-hydrogen) atoms. The first-order chi connectivity index (χ1) is 5.61. The third-order valence-corrected chi connectivity index (χ3v) is 1.58. The van der Waals surface area contributed by atoms with Crippen molar-refractivity contribution < 1.29 is 14.3 Å². The highest BCUT2D eigenvalue weighted by Gasteiger charge is 2.17. The highest BCUT2D eigenvalue weighted by molar-refractivity contribution is 5.94. The highest BCUT2D eigenvalue weighted by Crippen LogP contribution is 2.11. The molecule has 0 aromatic heterocycles. The van der Waals surface area contributed by atoms with Gasteiger partial charge in [0.2, 0.25) is 0 Å². The number of esters is 1. The molecule has 1 heterocycles. The normalized spacial score (nSPS) is 22.7. The lowest BCUT2D eigenvalue weighted by atomic mass is 10.2. The van der Waals surface area contributed by atoms with Crippen LogP contribution in [0.1, 0.15) is 13.8 Å². The minimum absolute atomic E-state index is 0.112. The maximum atomic E-state index is 11.1. The van der Waals surface area contributed by atoms with Crippen molar-refractivity contribution in [3.05, 3.63) is 24.0 Å². The molecule has 1 atom stereocenters. The largest absolute Gasteiger partial charge is 0.422 e. The average Bonchev–Trinajstić information content (AvgIpc) is 2.15. The third kappa shape index (κ3) is 1.81. The van der Waals surface area contributed by atoms with Gasteiger partial charge in [0.25, 0.3) is 0 Å². The summed E-state index contributed by atoms with van der Waals surface area (Å²) in [6.07, 6.45) is 4.86. The lowest BCUT2D eigenvalue weighted by Gasteiger charge is -2.04. The van der Waals surface area contributed by atoms with Crippen LogP contribution in [0, 0.1) is 5.92 Å². The van der Waals surface area contributed by atoms with Gasteiger partial charge in [-0.3, -0.25) is 9.59 Å². The zero-order chi connectivity index (χ0) is 9.14. The van der Waals surface area contributed by atoms with E-state index in [1.807, 2.05) is 0 Å². The lowest BCUT2D eigenvalue weighted by molar-refractivity contribution is -0.144. The van der Waals surface area contributed by atoms with Gasteiger partial charge in [-0.25, -0.2) is 0 Å². The minimum Gasteiger partial charge on any atom is -0.422 e. The quantitative estimate of drug-likeness (QED) is 0.550. The molecule has 0 fully saturated rings. The van der Waals surface area contributed by atoms with Gasteiger partial charge in [0.1, 0.15) is 0 Å². The van der Waals surface area contributed by atoms with E-state index in [9.17, 15) is 9.59 Å². The van der Waals surface area contributed by atoms with Gasteiger partial charge in [-0.2, -0.15) is 0 Å². The van der Waals surface area contributed by atoms with E-state index in [0.29, 0.717) is 0 Å². The van der Waals surface area contributed by atoms with E-state index in [-0.39, 0.29) is 23.4 Å². The van der Waals surface area contributed by atoms with E-state index < -0.39 is 0 Å². The van der Waals surface area contributed by atoms with Gasteiger partial charge in [-0.15, -0.1) is 0 Å². The fourth-order valence-corrected chi connectivity index (χ4v) is 0.813. The molecule has 3 heteroatoms. The third-order valence-electron chi connectivity index (χ3n) is 1.58. The summed E-state index contributed by atoms with van der Waals surface area (Å²) in [5.41, 5.74) is 0. The van der Waals surface area contributed by atoms with E-state index in [0.717, 1.165) is 0 Å². The van der Waals surface area contributed by atoms with E-state index in [2.05, 4.69) is 0 Å². The fraction of sp³-hybridized carbons (Fsp3) is 0.333. The maximum Gasteiger partial charge on any atom is 0.318 e. The van der Waals surface area contributed by atoms with Crippen LogP contribution in [0.15, 0.2) is 24.0 Å². The van der Waals surface area contributed by atoms with E-state index in [1.54, 1.807) is 19.1 Å². The van der Waals surface area contributed by atoms with Gasteiger partial charge in [-0.1, -0.05) is 12.2 Å². The van der Waals surface area contributed by atoms with Gasteiger partial charge in [0.05, 0.1) is 5.92 Å². The molecule has 3 nitrogen and oxygen atoms in total. The summed E-state index contributed by atoms with van der Waals surface area (Å²) in [6.45, 7) is 3.08. The standard InChI is InChI=1S/C9H10O3/c1-6-4-3-5-8(7(2)10)12-9(6)11/h3-6H,1-2H3. The monoisotopic (exact) mass is 166 g/mol. The molecule has 0 spiro atoms. The molecule has 0 saturated carbocycles. The predicted octanol–water partition coefficient (Wildman–Crippen LogP) is 1.21. The molecule has 0 aliphatic carbocycles. The van der Waals surface area contributed by atoms with Crippen molar-refractivity contribution in [1.29, 1.82) is 0 Å². The van der Waals surface area contributed by atoms with Crippen molar-refractivity contribution in [3.8, 4) is 0 Å². The Bertz CT molecular complexity index is 273. The first kappa shape index (κ1) is 8.71. The van der Waals surface area contributed by atoms with Crippen LogP contribution in [-0.2, 0) is 14.3 Å². The SMILES string of the molecule is CC(=O)C1=CC=CC(C)C(=O)O1. The molecule has 0 N–H and O–H groups in total. The van der Waals surface area contributed by atoms with Crippen molar-refractivity contribution in [2.45, 2.75) is 13.8 Å². The summed E-state index contributed by atoms with van der Waals surface area (Å²) in [4.78, 5) is 21.9. The number of carbonyl (C=O) groups is 2. The van der Waals surface area contributed by atoms with Gasteiger partial charge in [-0.05, 0) is 13.0 Å². The van der Waals surface area contributed by atoms with Crippen LogP contribution in [0.4, 0.5) is 0 Å². The number of ketones is 1. The van der Waals surface area contributed by atoms with E-state index in [1.165, 1.54) is 13.0 Å². The van der Waals surface area contributed by atoms with E-state index in [4.69, 9.17) is 4.74 Å². The van der Waals surface area contributed by atoms with Crippen LogP contribution in [0.25, 0.3) is 0 Å². The molecule has 0 radical (unpaired) electrons. The first-order valence-corrected chi connectivity index (χ1v) is 3.72. The summed E-state index contributed by atoms with van der Waals surface area (Å²) >= 11 is 0. The van der Waals surface area contributed by atoms with Gasteiger partial charge >= 0.3 is 5.97 Å². The Morgan fingerprint density at radius 2 is 2.25 bits per heavy atom. The molecule has 0 saturated heterocycles. The number of rotatable bonds is 1. The zero-order valence-electron chi connectivity index (χ0n) is 7.03. The van der Waals surface area contributed by atoms with Crippen molar-refractivity contribution in [3.63, 3.8) is 0 Å². The summed E-state index contributed by atoms with van der Waals surface area (Å²) in [7, 11) is 0. The molecule has 0 bridgehead atoms. The molecule has 1 aliphatic rings. The van der Waals surface area contributed by atoms with Crippen LogP contribution in [0.3, 0.4) is 0 Å². The molecule has 1 aliphatic heterocycles. The lowest BCUT2D eigenvalue weighted by Crippen LogP contribution is -2.13. The van der Waals surface area contributed by atoms with Crippen LogP contribution in [0.5, 0.6) is 0 Å². The van der Waals surface area contributed by atoms with Crippen LogP contribution in [-0.4, -0.2) is 11.8 Å². The topological polar surface area (TPSA) is 43.4 Å². The molecule has 0 aromatic rings. The Hall–Kier alpha value is -1.38.